The number of methoxy groups -OCH3 is 1. The summed E-state index contributed by atoms with van der Waals surface area (Å²) in [7, 11) is 1.68. The highest BCUT2D eigenvalue weighted by atomic mass is 32.1. The molecule has 1 fully saturated rings. The van der Waals surface area contributed by atoms with E-state index in [2.05, 4.69) is 84.9 Å². The number of hydrogen-bond acceptors (Lipinski definition) is 3. The van der Waals surface area contributed by atoms with Gasteiger partial charge in [0.25, 0.3) is 0 Å². The Labute approximate surface area is 212 Å². The summed E-state index contributed by atoms with van der Waals surface area (Å²) in [5, 5.41) is 4.25. The minimum Gasteiger partial charge on any atom is -0.497 e. The van der Waals surface area contributed by atoms with Crippen LogP contribution in [0, 0.1) is 27.7 Å². The van der Waals surface area contributed by atoms with Crippen molar-refractivity contribution in [2.24, 2.45) is 0 Å². The van der Waals surface area contributed by atoms with E-state index in [0.29, 0.717) is 5.11 Å². The molecule has 2 aromatic heterocycles. The van der Waals surface area contributed by atoms with Crippen molar-refractivity contribution in [3.8, 4) is 11.4 Å². The van der Waals surface area contributed by atoms with Crippen molar-refractivity contribution in [2.75, 3.05) is 12.0 Å². The summed E-state index contributed by atoms with van der Waals surface area (Å²) in [6.45, 7) is 8.66. The quantitative estimate of drug-likeness (QED) is 0.339. The number of aryl methyl sites for hydroxylation is 3. The zero-order chi connectivity index (χ0) is 24.7. The first kappa shape index (κ1) is 23.1. The van der Waals surface area contributed by atoms with Crippen molar-refractivity contribution >= 4 is 23.0 Å². The normalized spacial score (nSPS) is 17.5. The highest BCUT2D eigenvalue weighted by Gasteiger charge is 2.42. The topological polar surface area (TPSA) is 42.3 Å². The van der Waals surface area contributed by atoms with E-state index in [-0.39, 0.29) is 12.1 Å². The monoisotopic (exact) mass is 482 g/mol. The van der Waals surface area contributed by atoms with Gasteiger partial charge in [0.2, 0.25) is 0 Å². The highest BCUT2D eigenvalue weighted by molar-refractivity contribution is 7.80. The van der Waals surface area contributed by atoms with Crippen LogP contribution in [0.25, 0.3) is 5.69 Å². The molecule has 0 amide bonds. The summed E-state index contributed by atoms with van der Waals surface area (Å²) < 4.78 is 7.73. The molecule has 2 atom stereocenters. The predicted octanol–water partition coefficient (Wildman–Crippen LogP) is 6.29. The van der Waals surface area contributed by atoms with Gasteiger partial charge >= 0.3 is 0 Å². The highest BCUT2D eigenvalue weighted by Crippen LogP contribution is 2.44. The molecule has 178 valence electrons. The lowest BCUT2D eigenvalue weighted by molar-refractivity contribution is 0.415. The van der Waals surface area contributed by atoms with Crippen LogP contribution in [-0.4, -0.2) is 21.8 Å². The lowest BCUT2D eigenvalue weighted by Crippen LogP contribution is -2.29. The first-order valence-electron chi connectivity index (χ1n) is 11.8. The standard InChI is InChI=1S/C29H30N4OS/c1-18-14-19(2)16-23(15-18)32-20(3)17-25(21(32)4)28-27(26-8-6-7-13-30-26)31-29(35)33(28)22-9-11-24(34-5)12-10-22/h6-17,27-28H,1-5H3,(H,31,35)/t27-,28-/m1/s1. The molecule has 1 saturated heterocycles. The maximum Gasteiger partial charge on any atom is 0.174 e. The molecule has 0 unspecified atom stereocenters. The van der Waals surface area contributed by atoms with Crippen LogP contribution in [0.5, 0.6) is 5.75 Å². The summed E-state index contributed by atoms with van der Waals surface area (Å²) in [5.74, 6) is 0.817. The number of anilines is 1. The third-order valence-corrected chi connectivity index (χ3v) is 7.02. The van der Waals surface area contributed by atoms with Crippen molar-refractivity contribution in [1.82, 2.24) is 14.9 Å². The maximum absolute atomic E-state index is 5.90. The number of nitrogens with zero attached hydrogens (tertiary/aromatic N) is 3. The van der Waals surface area contributed by atoms with Gasteiger partial charge in [0, 0.05) is 29.0 Å². The Morgan fingerprint density at radius 2 is 1.60 bits per heavy atom. The molecule has 0 bridgehead atoms. The van der Waals surface area contributed by atoms with Crippen molar-refractivity contribution < 1.29 is 4.74 Å². The third-order valence-electron chi connectivity index (χ3n) is 6.70. The second-order valence-electron chi connectivity index (χ2n) is 9.20. The van der Waals surface area contributed by atoms with E-state index in [9.17, 15) is 0 Å². The van der Waals surface area contributed by atoms with Gasteiger partial charge in [-0.2, -0.15) is 0 Å². The molecule has 5 nitrogen and oxygen atoms in total. The zero-order valence-electron chi connectivity index (χ0n) is 20.7. The number of nitrogens with one attached hydrogen (secondary N) is 1. The van der Waals surface area contributed by atoms with Crippen LogP contribution in [0.15, 0.2) is 72.9 Å². The van der Waals surface area contributed by atoms with Crippen LogP contribution in [0.1, 0.15) is 45.9 Å². The molecule has 2 aromatic carbocycles. The van der Waals surface area contributed by atoms with Gasteiger partial charge in [0.1, 0.15) is 5.75 Å². The molecule has 0 saturated carbocycles. The van der Waals surface area contributed by atoms with Crippen LogP contribution in [0.2, 0.25) is 0 Å². The van der Waals surface area contributed by atoms with E-state index in [1.54, 1.807) is 7.11 Å². The van der Waals surface area contributed by atoms with Gasteiger partial charge < -0.3 is 19.5 Å². The molecule has 0 radical (unpaired) electrons. The van der Waals surface area contributed by atoms with Gasteiger partial charge in [-0.15, -0.1) is 0 Å². The summed E-state index contributed by atoms with van der Waals surface area (Å²) in [6.07, 6.45) is 1.84. The fourth-order valence-electron chi connectivity index (χ4n) is 5.26. The van der Waals surface area contributed by atoms with Crippen molar-refractivity contribution in [2.45, 2.75) is 39.8 Å². The van der Waals surface area contributed by atoms with Gasteiger partial charge in [-0.05, 0) is 111 Å². The largest absolute Gasteiger partial charge is 0.497 e. The number of rotatable bonds is 5. The van der Waals surface area contributed by atoms with Crippen molar-refractivity contribution in [3.63, 3.8) is 0 Å². The summed E-state index contributed by atoms with van der Waals surface area (Å²) >= 11 is 5.90. The summed E-state index contributed by atoms with van der Waals surface area (Å²) in [5.41, 5.74) is 9.28. The first-order chi connectivity index (χ1) is 16.9. The van der Waals surface area contributed by atoms with E-state index >= 15 is 0 Å². The van der Waals surface area contributed by atoms with E-state index < -0.39 is 0 Å². The minimum absolute atomic E-state index is 0.0587. The Morgan fingerprint density at radius 3 is 2.23 bits per heavy atom. The number of hydrogen-bond donors (Lipinski definition) is 1. The van der Waals surface area contributed by atoms with Crippen molar-refractivity contribution in [1.29, 1.82) is 0 Å². The Hall–Kier alpha value is -3.64. The summed E-state index contributed by atoms with van der Waals surface area (Å²) in [6, 6.07) is 22.9. The van der Waals surface area contributed by atoms with Crippen LogP contribution < -0.4 is 15.0 Å². The van der Waals surface area contributed by atoms with Gasteiger partial charge in [0.15, 0.2) is 5.11 Å². The molecule has 1 N–H and O–H groups in total. The van der Waals surface area contributed by atoms with E-state index in [0.717, 1.165) is 17.1 Å². The predicted molar refractivity (Wildman–Crippen MR) is 146 cm³/mol. The van der Waals surface area contributed by atoms with Crippen LogP contribution in [-0.2, 0) is 0 Å². The second-order valence-corrected chi connectivity index (χ2v) is 9.59. The lowest BCUT2D eigenvalue weighted by atomic mass is 9.96. The molecule has 0 aliphatic carbocycles. The number of pyridine rings is 1. The smallest absolute Gasteiger partial charge is 0.174 e. The van der Waals surface area contributed by atoms with Crippen molar-refractivity contribution in [3.05, 3.63) is 107 Å². The molecular weight excluding hydrogens is 452 g/mol. The van der Waals surface area contributed by atoms with Crippen LogP contribution in [0.4, 0.5) is 5.69 Å². The molecule has 1 aliphatic heterocycles. The maximum atomic E-state index is 5.90. The summed E-state index contributed by atoms with van der Waals surface area (Å²) in [4.78, 5) is 6.90. The third kappa shape index (κ3) is 4.19. The lowest BCUT2D eigenvalue weighted by Gasteiger charge is -2.28. The minimum atomic E-state index is -0.0843. The number of benzene rings is 2. The van der Waals surface area contributed by atoms with E-state index in [1.165, 1.54) is 33.8 Å². The zero-order valence-corrected chi connectivity index (χ0v) is 21.6. The molecule has 4 aromatic rings. The molecule has 1 aliphatic rings. The van der Waals surface area contributed by atoms with E-state index in [4.69, 9.17) is 21.9 Å². The molecule has 35 heavy (non-hydrogen) atoms. The molecule has 0 spiro atoms. The van der Waals surface area contributed by atoms with Crippen LogP contribution in [0.3, 0.4) is 0 Å². The van der Waals surface area contributed by atoms with Gasteiger partial charge in [-0.3, -0.25) is 4.98 Å². The SMILES string of the molecule is COc1ccc(N2C(=S)N[C@H](c3ccccn3)[C@H]2c2cc(C)n(-c3cc(C)cc(C)c3)c2C)cc1. The Morgan fingerprint density at radius 1 is 0.886 bits per heavy atom. The molecule has 3 heterocycles. The molecule has 5 rings (SSSR count). The van der Waals surface area contributed by atoms with E-state index in [1.807, 2.05) is 30.5 Å². The van der Waals surface area contributed by atoms with Crippen LogP contribution >= 0.6 is 12.2 Å². The average Bonchev–Trinajstić information content (AvgIpc) is 3.34. The Bertz CT molecular complexity index is 1360. The number of thiocarbonyl (C=S) groups is 1. The van der Waals surface area contributed by atoms with Gasteiger partial charge in [-0.1, -0.05) is 12.1 Å². The van der Waals surface area contributed by atoms with Gasteiger partial charge in [0.05, 0.1) is 24.9 Å². The molecular formula is C29H30N4OS. The first-order valence-corrected chi connectivity index (χ1v) is 12.2. The molecule has 6 heteroatoms. The fraction of sp³-hybridized carbons (Fsp3) is 0.241. The average molecular weight is 483 g/mol. The van der Waals surface area contributed by atoms with Gasteiger partial charge in [-0.25, -0.2) is 0 Å². The Balaban J connectivity index is 1.67. The number of ether oxygens (including phenoxy) is 1. The Kier molecular flexibility index (Phi) is 6.07. The number of aromatic nitrogens is 2. The fourth-order valence-corrected chi connectivity index (χ4v) is 5.60. The second kappa shape index (κ2) is 9.19.